The van der Waals surface area contributed by atoms with Crippen LogP contribution in [0.4, 0.5) is 0 Å². The first-order valence-corrected chi connectivity index (χ1v) is 7.81. The highest BCUT2D eigenvalue weighted by atomic mass is 16.5. The summed E-state index contributed by atoms with van der Waals surface area (Å²) in [5, 5.41) is 9.01. The molecule has 0 aliphatic heterocycles. The summed E-state index contributed by atoms with van der Waals surface area (Å²) < 4.78 is 5.32. The van der Waals surface area contributed by atoms with Crippen LogP contribution in [0.3, 0.4) is 0 Å². The lowest BCUT2D eigenvalue weighted by molar-refractivity contribution is 0.0445. The zero-order chi connectivity index (χ0) is 14.2. The van der Waals surface area contributed by atoms with Crippen LogP contribution in [-0.2, 0) is 4.74 Å². The normalized spacial score (nSPS) is 13.6. The number of aliphatic hydroxyl groups is 1. The second kappa shape index (κ2) is 15.5. The van der Waals surface area contributed by atoms with Crippen LogP contribution < -0.4 is 0 Å². The maximum absolute atomic E-state index is 9.01. The maximum Gasteiger partial charge on any atom is 0.0745 e. The lowest BCUT2D eigenvalue weighted by atomic mass is 10.1. The molecule has 0 aliphatic rings. The Morgan fingerprint density at radius 1 is 0.947 bits per heavy atom. The van der Waals surface area contributed by atoms with E-state index in [9.17, 15) is 0 Å². The van der Waals surface area contributed by atoms with Crippen molar-refractivity contribution >= 4 is 0 Å². The number of hydrogen-bond acceptors (Lipinski definition) is 2. The van der Waals surface area contributed by atoms with Gasteiger partial charge in [0.2, 0.25) is 0 Å². The second-order valence-corrected chi connectivity index (χ2v) is 5.14. The van der Waals surface area contributed by atoms with Crippen molar-refractivity contribution in [3.8, 4) is 0 Å². The molecule has 2 nitrogen and oxygen atoms in total. The van der Waals surface area contributed by atoms with Crippen LogP contribution in [0.25, 0.3) is 0 Å². The van der Waals surface area contributed by atoms with E-state index >= 15 is 0 Å². The molecule has 19 heavy (non-hydrogen) atoms. The van der Waals surface area contributed by atoms with Gasteiger partial charge in [0.1, 0.15) is 0 Å². The van der Waals surface area contributed by atoms with E-state index in [4.69, 9.17) is 9.84 Å². The fourth-order valence-corrected chi connectivity index (χ4v) is 1.89. The molecule has 0 saturated carbocycles. The van der Waals surface area contributed by atoms with E-state index < -0.39 is 0 Å². The molecule has 112 valence electrons. The number of allylic oxidation sites excluding steroid dienone is 4. The number of hydrogen-bond donors (Lipinski definition) is 1. The third-order valence-electron chi connectivity index (χ3n) is 2.96. The fraction of sp³-hybridized carbons (Fsp3) is 0.765. The van der Waals surface area contributed by atoms with E-state index in [1.807, 2.05) is 6.92 Å². The van der Waals surface area contributed by atoms with Gasteiger partial charge in [0.25, 0.3) is 0 Å². The largest absolute Gasteiger partial charge is 0.391 e. The van der Waals surface area contributed by atoms with Gasteiger partial charge in [-0.05, 0) is 33.1 Å². The summed E-state index contributed by atoms with van der Waals surface area (Å²) in [6.07, 6.45) is 18.4. The molecule has 0 aliphatic carbocycles. The zero-order valence-corrected chi connectivity index (χ0v) is 12.8. The Kier molecular flexibility index (Phi) is 15.0. The Morgan fingerprint density at radius 3 is 2.21 bits per heavy atom. The zero-order valence-electron chi connectivity index (χ0n) is 12.8. The van der Waals surface area contributed by atoms with Crippen molar-refractivity contribution in [3.05, 3.63) is 24.3 Å². The van der Waals surface area contributed by atoms with Gasteiger partial charge in [-0.15, -0.1) is 0 Å². The summed E-state index contributed by atoms with van der Waals surface area (Å²) in [4.78, 5) is 0. The minimum atomic E-state index is -0.332. The maximum atomic E-state index is 9.01. The van der Waals surface area contributed by atoms with Crippen LogP contribution in [-0.4, -0.2) is 24.4 Å². The smallest absolute Gasteiger partial charge is 0.0745 e. The van der Waals surface area contributed by atoms with Gasteiger partial charge in [-0.2, -0.15) is 0 Å². The number of aliphatic hydroxyl groups excluding tert-OH is 1. The lowest BCUT2D eigenvalue weighted by Crippen LogP contribution is -2.10. The van der Waals surface area contributed by atoms with Crippen molar-refractivity contribution in [2.45, 2.75) is 71.3 Å². The molecule has 0 aromatic heterocycles. The standard InChI is InChI=1S/C17H32O2/c1-3-4-5-6-7-8-9-10-11-12-13-14-15-19-16-17(2)18/h3-6,17-18H,7-16H2,1-2H3/b4-3+,6-5+. The molecule has 2 heteroatoms. The van der Waals surface area contributed by atoms with Crippen molar-refractivity contribution in [1.29, 1.82) is 0 Å². The van der Waals surface area contributed by atoms with Crippen LogP contribution >= 0.6 is 0 Å². The highest BCUT2D eigenvalue weighted by Crippen LogP contribution is 2.09. The minimum Gasteiger partial charge on any atom is -0.391 e. The molecule has 0 amide bonds. The Morgan fingerprint density at radius 2 is 1.58 bits per heavy atom. The van der Waals surface area contributed by atoms with Crippen molar-refractivity contribution < 1.29 is 9.84 Å². The van der Waals surface area contributed by atoms with Crippen LogP contribution in [0.5, 0.6) is 0 Å². The van der Waals surface area contributed by atoms with Crippen LogP contribution in [0.1, 0.15) is 65.2 Å². The summed E-state index contributed by atoms with van der Waals surface area (Å²) >= 11 is 0. The Labute approximate surface area is 119 Å². The van der Waals surface area contributed by atoms with Crippen molar-refractivity contribution in [3.63, 3.8) is 0 Å². The van der Waals surface area contributed by atoms with Gasteiger partial charge in [0.15, 0.2) is 0 Å². The van der Waals surface area contributed by atoms with E-state index in [2.05, 4.69) is 24.3 Å². The monoisotopic (exact) mass is 268 g/mol. The van der Waals surface area contributed by atoms with Crippen LogP contribution in [0.15, 0.2) is 24.3 Å². The molecule has 0 fully saturated rings. The van der Waals surface area contributed by atoms with Gasteiger partial charge in [0.05, 0.1) is 12.7 Å². The average Bonchev–Trinajstić information content (AvgIpc) is 2.39. The molecular weight excluding hydrogens is 236 g/mol. The van der Waals surface area contributed by atoms with Crippen molar-refractivity contribution in [2.75, 3.05) is 13.2 Å². The van der Waals surface area contributed by atoms with E-state index in [0.29, 0.717) is 6.61 Å². The predicted molar refractivity (Wildman–Crippen MR) is 83.4 cm³/mol. The molecule has 1 N–H and O–H groups in total. The molecule has 0 radical (unpaired) electrons. The summed E-state index contributed by atoms with van der Waals surface area (Å²) in [5.41, 5.74) is 0. The molecule has 0 spiro atoms. The quantitative estimate of drug-likeness (QED) is 0.389. The highest BCUT2D eigenvalue weighted by Gasteiger charge is 1.95. The van der Waals surface area contributed by atoms with E-state index in [0.717, 1.165) is 13.0 Å². The first-order valence-electron chi connectivity index (χ1n) is 7.81. The molecule has 0 aromatic rings. The van der Waals surface area contributed by atoms with Gasteiger partial charge >= 0.3 is 0 Å². The average molecular weight is 268 g/mol. The molecule has 0 heterocycles. The molecule has 0 bridgehead atoms. The molecule has 0 rings (SSSR count). The predicted octanol–water partition coefficient (Wildman–Crippen LogP) is 4.64. The third kappa shape index (κ3) is 17.4. The Hall–Kier alpha value is -0.600. The van der Waals surface area contributed by atoms with Gasteiger partial charge in [-0.3, -0.25) is 0 Å². The lowest BCUT2D eigenvalue weighted by Gasteiger charge is -2.05. The number of unbranched alkanes of at least 4 members (excludes halogenated alkanes) is 7. The molecule has 1 unspecified atom stereocenters. The summed E-state index contributed by atoms with van der Waals surface area (Å²) in [5.74, 6) is 0. The minimum absolute atomic E-state index is 0.332. The van der Waals surface area contributed by atoms with Crippen LogP contribution in [0, 0.1) is 0 Å². The second-order valence-electron chi connectivity index (χ2n) is 5.14. The molecule has 0 saturated heterocycles. The topological polar surface area (TPSA) is 29.5 Å². The van der Waals surface area contributed by atoms with E-state index in [-0.39, 0.29) is 6.10 Å². The molecule has 0 aromatic carbocycles. The molecule has 1 atom stereocenters. The van der Waals surface area contributed by atoms with Crippen molar-refractivity contribution in [2.24, 2.45) is 0 Å². The third-order valence-corrected chi connectivity index (χ3v) is 2.96. The summed E-state index contributed by atoms with van der Waals surface area (Å²) in [7, 11) is 0. The SMILES string of the molecule is C/C=C/C=C/CCCCCCCCCOCC(C)O. The summed E-state index contributed by atoms with van der Waals surface area (Å²) in [6.45, 7) is 5.06. The Bertz CT molecular complexity index is 219. The highest BCUT2D eigenvalue weighted by molar-refractivity contribution is 5.00. The fourth-order valence-electron chi connectivity index (χ4n) is 1.89. The number of rotatable bonds is 13. The van der Waals surface area contributed by atoms with E-state index in [1.54, 1.807) is 6.92 Å². The molecular formula is C17H32O2. The van der Waals surface area contributed by atoms with Gasteiger partial charge in [0, 0.05) is 6.61 Å². The van der Waals surface area contributed by atoms with Gasteiger partial charge in [-0.25, -0.2) is 0 Å². The van der Waals surface area contributed by atoms with Gasteiger partial charge < -0.3 is 9.84 Å². The van der Waals surface area contributed by atoms with Crippen LogP contribution in [0.2, 0.25) is 0 Å². The van der Waals surface area contributed by atoms with Crippen molar-refractivity contribution in [1.82, 2.24) is 0 Å². The van der Waals surface area contributed by atoms with E-state index in [1.165, 1.54) is 44.9 Å². The number of ether oxygens (including phenoxy) is 1. The first-order chi connectivity index (χ1) is 9.27. The first kappa shape index (κ1) is 18.4. The van der Waals surface area contributed by atoms with Gasteiger partial charge in [-0.1, -0.05) is 56.4 Å². The summed E-state index contributed by atoms with van der Waals surface area (Å²) in [6, 6.07) is 0. The Balaban J connectivity index is 3.03.